The van der Waals surface area contributed by atoms with Crippen molar-refractivity contribution < 1.29 is 9.59 Å². The highest BCUT2D eigenvalue weighted by molar-refractivity contribution is 6.20. The van der Waals surface area contributed by atoms with Crippen molar-refractivity contribution in [2.45, 2.75) is 12.5 Å². The van der Waals surface area contributed by atoms with Crippen LogP contribution in [0.15, 0.2) is 49.3 Å². The molecule has 0 N–H and O–H groups in total. The topological polar surface area (TPSA) is 71.3 Å². The summed E-state index contributed by atoms with van der Waals surface area (Å²) in [5.41, 5.74) is 0.993. The molecule has 1 aliphatic heterocycles. The number of aryl methyl sites for hydroxylation is 1. The monoisotopic (exact) mass is 311 g/mol. The van der Waals surface area contributed by atoms with Crippen LogP contribution in [0.25, 0.3) is 0 Å². The van der Waals surface area contributed by atoms with Crippen LogP contribution >= 0.6 is 0 Å². The molecule has 1 fully saturated rings. The minimum atomic E-state index is -0.570. The second-order valence-corrected chi connectivity index (χ2v) is 5.29. The number of rotatable bonds is 5. The molecule has 7 nitrogen and oxygen atoms in total. The van der Waals surface area contributed by atoms with E-state index in [1.807, 2.05) is 30.3 Å². The van der Waals surface area contributed by atoms with Crippen LogP contribution in [0, 0.1) is 0 Å². The summed E-state index contributed by atoms with van der Waals surface area (Å²) in [4.78, 5) is 32.1. The van der Waals surface area contributed by atoms with Crippen molar-refractivity contribution in [3.8, 4) is 0 Å². The molecule has 2 heterocycles. The van der Waals surface area contributed by atoms with Gasteiger partial charge in [-0.25, -0.2) is 9.48 Å². The van der Waals surface area contributed by atoms with E-state index in [1.165, 1.54) is 15.9 Å². The van der Waals surface area contributed by atoms with Gasteiger partial charge in [0.05, 0.1) is 0 Å². The molecule has 1 aliphatic rings. The zero-order chi connectivity index (χ0) is 16.4. The van der Waals surface area contributed by atoms with Gasteiger partial charge in [0.15, 0.2) is 0 Å². The number of nitrogens with zero attached hydrogens (tertiary/aromatic N) is 5. The zero-order valence-electron chi connectivity index (χ0n) is 12.8. The zero-order valence-corrected chi connectivity index (χ0v) is 12.8. The maximum Gasteiger partial charge on any atom is 0.334 e. The van der Waals surface area contributed by atoms with Crippen molar-refractivity contribution >= 4 is 17.9 Å². The molecule has 23 heavy (non-hydrogen) atoms. The van der Waals surface area contributed by atoms with Gasteiger partial charge in [0.1, 0.15) is 12.4 Å². The maximum absolute atomic E-state index is 12.8. The largest absolute Gasteiger partial charge is 0.334 e. The van der Waals surface area contributed by atoms with Gasteiger partial charge in [-0.1, -0.05) is 36.4 Å². The lowest BCUT2D eigenvalue weighted by atomic mass is 10.1. The molecular weight excluding hydrogens is 294 g/mol. The second kappa shape index (κ2) is 6.04. The van der Waals surface area contributed by atoms with Crippen LogP contribution in [0.2, 0.25) is 0 Å². The first-order valence-electron chi connectivity index (χ1n) is 7.27. The van der Waals surface area contributed by atoms with Crippen molar-refractivity contribution in [2.75, 3.05) is 11.4 Å². The first-order valence-corrected chi connectivity index (χ1v) is 7.27. The Morgan fingerprint density at radius 1 is 1.26 bits per heavy atom. The molecule has 1 atom stereocenters. The summed E-state index contributed by atoms with van der Waals surface area (Å²) in [7, 11) is 1.64. The van der Waals surface area contributed by atoms with Crippen LogP contribution in [-0.4, -0.2) is 44.2 Å². The Morgan fingerprint density at radius 2 is 2.00 bits per heavy atom. The summed E-state index contributed by atoms with van der Waals surface area (Å²) >= 11 is 0. The van der Waals surface area contributed by atoms with E-state index >= 15 is 0 Å². The second-order valence-electron chi connectivity index (χ2n) is 5.29. The Hall–Kier alpha value is -2.96. The molecule has 3 amide bonds. The predicted molar refractivity (Wildman–Crippen MR) is 84.7 cm³/mol. The molecule has 1 saturated heterocycles. The van der Waals surface area contributed by atoms with Gasteiger partial charge in [0.2, 0.25) is 5.95 Å². The minimum absolute atomic E-state index is 0.227. The SMILES string of the molecule is C=CCN1C(=O)N(c2ncnn2C)C(=O)[C@H]1Cc1ccccc1. The lowest BCUT2D eigenvalue weighted by Crippen LogP contribution is -2.36. The Bertz CT molecular complexity index is 740. The molecule has 118 valence electrons. The number of imide groups is 1. The van der Waals surface area contributed by atoms with E-state index in [0.717, 1.165) is 10.5 Å². The quantitative estimate of drug-likeness (QED) is 0.618. The van der Waals surface area contributed by atoms with Gasteiger partial charge in [0, 0.05) is 20.0 Å². The van der Waals surface area contributed by atoms with E-state index in [0.29, 0.717) is 13.0 Å². The molecule has 1 aromatic heterocycles. The molecule has 2 aromatic rings. The Labute approximate surface area is 133 Å². The summed E-state index contributed by atoms with van der Waals surface area (Å²) in [6.07, 6.45) is 3.38. The Morgan fingerprint density at radius 3 is 2.61 bits per heavy atom. The average molecular weight is 311 g/mol. The first kappa shape index (κ1) is 15.0. The molecule has 3 rings (SSSR count). The Kier molecular flexibility index (Phi) is 3.92. The van der Waals surface area contributed by atoms with Crippen molar-refractivity contribution in [3.05, 3.63) is 54.9 Å². The summed E-state index contributed by atoms with van der Waals surface area (Å²) in [5.74, 6) is -0.0681. The third-order valence-electron chi connectivity index (χ3n) is 3.80. The van der Waals surface area contributed by atoms with Crippen molar-refractivity contribution in [1.82, 2.24) is 19.7 Å². The third-order valence-corrected chi connectivity index (χ3v) is 3.80. The number of aromatic nitrogens is 3. The molecule has 7 heteroatoms. The molecule has 0 saturated carbocycles. The van der Waals surface area contributed by atoms with Crippen LogP contribution in [0.5, 0.6) is 0 Å². The Balaban J connectivity index is 1.94. The summed E-state index contributed by atoms with van der Waals surface area (Å²) in [6.45, 7) is 3.98. The molecule has 0 spiro atoms. The van der Waals surface area contributed by atoms with Gasteiger partial charge in [-0.2, -0.15) is 15.0 Å². The maximum atomic E-state index is 12.8. The first-order chi connectivity index (χ1) is 11.1. The van der Waals surface area contributed by atoms with Crippen LogP contribution in [-0.2, 0) is 18.3 Å². The van der Waals surface area contributed by atoms with Crippen LogP contribution in [0.1, 0.15) is 5.56 Å². The van der Waals surface area contributed by atoms with E-state index < -0.39 is 12.1 Å². The molecule has 0 bridgehead atoms. The number of anilines is 1. The molecular formula is C16H17N5O2. The number of amides is 3. The fourth-order valence-electron chi connectivity index (χ4n) is 2.69. The number of benzene rings is 1. The van der Waals surface area contributed by atoms with Gasteiger partial charge in [-0.05, 0) is 5.56 Å². The number of carbonyl (C=O) groups is 2. The number of carbonyl (C=O) groups excluding carboxylic acids is 2. The lowest BCUT2D eigenvalue weighted by Gasteiger charge is -2.19. The molecule has 0 aliphatic carbocycles. The summed E-state index contributed by atoms with van der Waals surface area (Å²) in [5, 5.41) is 3.93. The molecule has 0 radical (unpaired) electrons. The predicted octanol–water partition coefficient (Wildman–Crippen LogP) is 1.38. The normalized spacial score (nSPS) is 17.9. The highest BCUT2D eigenvalue weighted by Crippen LogP contribution is 2.25. The molecule has 0 unspecified atom stereocenters. The van der Waals surface area contributed by atoms with Gasteiger partial charge in [-0.15, -0.1) is 6.58 Å². The summed E-state index contributed by atoms with van der Waals surface area (Å²) in [6, 6.07) is 8.65. The van der Waals surface area contributed by atoms with Crippen LogP contribution in [0.3, 0.4) is 0 Å². The van der Waals surface area contributed by atoms with E-state index in [2.05, 4.69) is 16.7 Å². The van der Waals surface area contributed by atoms with Gasteiger partial charge < -0.3 is 4.90 Å². The number of hydrogen-bond acceptors (Lipinski definition) is 4. The van der Waals surface area contributed by atoms with Crippen molar-refractivity contribution in [2.24, 2.45) is 7.05 Å². The highest BCUT2D eigenvalue weighted by Gasteiger charge is 2.46. The fraction of sp³-hybridized carbons (Fsp3) is 0.250. The fourth-order valence-corrected chi connectivity index (χ4v) is 2.69. The third kappa shape index (κ3) is 2.61. The van der Waals surface area contributed by atoms with E-state index in [1.54, 1.807) is 13.1 Å². The lowest BCUT2D eigenvalue weighted by molar-refractivity contribution is -0.119. The molecule has 1 aromatic carbocycles. The van der Waals surface area contributed by atoms with Crippen LogP contribution in [0.4, 0.5) is 10.7 Å². The van der Waals surface area contributed by atoms with Crippen LogP contribution < -0.4 is 4.90 Å². The number of urea groups is 1. The average Bonchev–Trinajstić information content (AvgIpc) is 3.05. The highest BCUT2D eigenvalue weighted by atomic mass is 16.2. The standard InChI is InChI=1S/C16H17N5O2/c1-3-9-20-13(10-12-7-5-4-6-8-12)14(22)21(16(20)23)15-17-11-18-19(15)2/h3-8,11,13H,1,9-10H2,2H3/t13-/m1/s1. The minimum Gasteiger partial charge on any atom is -0.308 e. The van der Waals surface area contributed by atoms with E-state index in [9.17, 15) is 9.59 Å². The van der Waals surface area contributed by atoms with Gasteiger partial charge in [-0.3, -0.25) is 4.79 Å². The number of hydrogen-bond donors (Lipinski definition) is 0. The van der Waals surface area contributed by atoms with Crippen molar-refractivity contribution in [3.63, 3.8) is 0 Å². The smallest absolute Gasteiger partial charge is 0.308 e. The van der Waals surface area contributed by atoms with Gasteiger partial charge in [0.25, 0.3) is 5.91 Å². The van der Waals surface area contributed by atoms with E-state index in [-0.39, 0.29) is 11.9 Å². The van der Waals surface area contributed by atoms with E-state index in [4.69, 9.17) is 0 Å². The summed E-state index contributed by atoms with van der Waals surface area (Å²) < 4.78 is 1.41. The van der Waals surface area contributed by atoms with Gasteiger partial charge >= 0.3 is 6.03 Å². The van der Waals surface area contributed by atoms with Crippen molar-refractivity contribution in [1.29, 1.82) is 0 Å².